The molecule has 0 aliphatic heterocycles. The standard InChI is InChI=1S/C34H35N7O/c1-22-9-6-12-29-30(21-35-32(22)29)33-23(2)20-36-34(40-33)39-28-11-7-10-27(19-28)37-24(3)25-14-16-26(17-15-25)38-31(42)13-8-18-41(4)5/h6-17,19-21,35,37H,3,18H2,1-2,4-5H3,(H,38,42)(H,36,39,40)/b13-8+. The van der Waals surface area contributed by atoms with Gasteiger partial charge in [-0.25, -0.2) is 9.97 Å². The van der Waals surface area contributed by atoms with Gasteiger partial charge in [0.25, 0.3) is 0 Å². The number of hydrogen-bond acceptors (Lipinski definition) is 6. The van der Waals surface area contributed by atoms with Gasteiger partial charge in [-0.2, -0.15) is 0 Å². The molecular formula is C34H35N7O. The van der Waals surface area contributed by atoms with Gasteiger partial charge in [-0.15, -0.1) is 0 Å². The molecule has 212 valence electrons. The number of benzene rings is 3. The summed E-state index contributed by atoms with van der Waals surface area (Å²) in [5.41, 5.74) is 9.33. The number of aryl methyl sites for hydroxylation is 2. The topological polar surface area (TPSA) is 98.0 Å². The van der Waals surface area contributed by atoms with Crippen molar-refractivity contribution in [3.63, 3.8) is 0 Å². The molecule has 1 amide bonds. The first-order valence-corrected chi connectivity index (χ1v) is 13.7. The highest BCUT2D eigenvalue weighted by Gasteiger charge is 2.13. The Morgan fingerprint density at radius 3 is 2.50 bits per heavy atom. The molecule has 3 aromatic carbocycles. The number of fused-ring (bicyclic) bond motifs is 1. The maximum atomic E-state index is 12.1. The number of nitrogens with one attached hydrogen (secondary N) is 4. The average molecular weight is 558 g/mol. The highest BCUT2D eigenvalue weighted by molar-refractivity contribution is 5.99. The molecule has 5 rings (SSSR count). The number of aromatic nitrogens is 3. The zero-order chi connectivity index (χ0) is 29.6. The van der Waals surface area contributed by atoms with Crippen LogP contribution in [-0.4, -0.2) is 46.4 Å². The second-order valence-corrected chi connectivity index (χ2v) is 10.5. The molecule has 0 unspecified atom stereocenters. The molecule has 0 aliphatic carbocycles. The van der Waals surface area contributed by atoms with Crippen molar-refractivity contribution in [2.45, 2.75) is 13.8 Å². The van der Waals surface area contributed by atoms with Crippen LogP contribution in [0.25, 0.3) is 27.9 Å². The zero-order valence-corrected chi connectivity index (χ0v) is 24.3. The first kappa shape index (κ1) is 28.3. The Kier molecular flexibility index (Phi) is 8.45. The van der Waals surface area contributed by atoms with E-state index in [2.05, 4.69) is 57.6 Å². The Labute approximate surface area is 246 Å². The summed E-state index contributed by atoms with van der Waals surface area (Å²) in [4.78, 5) is 26.9. The maximum Gasteiger partial charge on any atom is 0.248 e. The molecular weight excluding hydrogens is 522 g/mol. The Bertz CT molecular complexity index is 1770. The zero-order valence-electron chi connectivity index (χ0n) is 24.3. The first-order valence-electron chi connectivity index (χ1n) is 13.7. The molecule has 8 heteroatoms. The van der Waals surface area contributed by atoms with Crippen LogP contribution in [0.5, 0.6) is 0 Å². The maximum absolute atomic E-state index is 12.1. The van der Waals surface area contributed by atoms with Crippen LogP contribution >= 0.6 is 0 Å². The van der Waals surface area contributed by atoms with Crippen molar-refractivity contribution in [2.24, 2.45) is 0 Å². The van der Waals surface area contributed by atoms with Gasteiger partial charge in [-0.3, -0.25) is 4.79 Å². The fourth-order valence-corrected chi connectivity index (χ4v) is 4.64. The van der Waals surface area contributed by atoms with Gasteiger partial charge in [0.05, 0.1) is 5.69 Å². The molecule has 5 aromatic rings. The number of para-hydroxylation sites is 1. The third-order valence-corrected chi connectivity index (χ3v) is 6.81. The number of carbonyl (C=O) groups is 1. The monoisotopic (exact) mass is 557 g/mol. The molecule has 0 saturated carbocycles. The van der Waals surface area contributed by atoms with Crippen molar-refractivity contribution in [3.8, 4) is 11.3 Å². The molecule has 0 aliphatic rings. The quantitative estimate of drug-likeness (QED) is 0.136. The van der Waals surface area contributed by atoms with Gasteiger partial charge >= 0.3 is 0 Å². The molecule has 0 bridgehead atoms. The molecule has 42 heavy (non-hydrogen) atoms. The summed E-state index contributed by atoms with van der Waals surface area (Å²) in [5.74, 6) is 0.356. The van der Waals surface area contributed by atoms with E-state index in [1.54, 1.807) is 6.08 Å². The van der Waals surface area contributed by atoms with Crippen molar-refractivity contribution >= 4 is 45.5 Å². The Morgan fingerprint density at radius 1 is 0.952 bits per heavy atom. The highest BCUT2D eigenvalue weighted by Crippen LogP contribution is 2.32. The third kappa shape index (κ3) is 6.74. The van der Waals surface area contributed by atoms with Gasteiger partial charge in [0.1, 0.15) is 0 Å². The first-order chi connectivity index (χ1) is 20.3. The molecule has 0 saturated heterocycles. The van der Waals surface area contributed by atoms with E-state index in [1.807, 2.05) is 92.9 Å². The van der Waals surface area contributed by atoms with Crippen LogP contribution in [0.2, 0.25) is 0 Å². The van der Waals surface area contributed by atoms with Gasteiger partial charge in [0, 0.05) is 64.2 Å². The summed E-state index contributed by atoms with van der Waals surface area (Å²) in [7, 11) is 3.91. The van der Waals surface area contributed by atoms with E-state index in [-0.39, 0.29) is 5.91 Å². The van der Waals surface area contributed by atoms with E-state index in [0.717, 1.165) is 56.0 Å². The number of nitrogens with zero attached hydrogens (tertiary/aromatic N) is 3. The van der Waals surface area contributed by atoms with Crippen LogP contribution in [0.4, 0.5) is 23.0 Å². The largest absolute Gasteiger partial charge is 0.360 e. The Hall–Kier alpha value is -5.21. The van der Waals surface area contributed by atoms with Gasteiger partial charge in [-0.05, 0) is 75.0 Å². The minimum absolute atomic E-state index is 0.160. The third-order valence-electron chi connectivity index (χ3n) is 6.81. The fourth-order valence-electron chi connectivity index (χ4n) is 4.64. The van der Waals surface area contributed by atoms with E-state index in [9.17, 15) is 4.79 Å². The number of carbonyl (C=O) groups excluding carboxylic acids is 1. The second-order valence-electron chi connectivity index (χ2n) is 10.5. The van der Waals surface area contributed by atoms with E-state index in [4.69, 9.17) is 4.98 Å². The number of aromatic amines is 1. The van der Waals surface area contributed by atoms with Crippen LogP contribution in [0.3, 0.4) is 0 Å². The van der Waals surface area contributed by atoms with Crippen LogP contribution in [-0.2, 0) is 4.79 Å². The molecule has 0 fully saturated rings. The van der Waals surface area contributed by atoms with Gasteiger partial charge in [0.15, 0.2) is 0 Å². The van der Waals surface area contributed by atoms with Crippen LogP contribution in [0.1, 0.15) is 16.7 Å². The lowest BCUT2D eigenvalue weighted by atomic mass is 10.1. The number of likely N-dealkylation sites (N-methyl/N-ethyl adjacent to an activating group) is 1. The van der Waals surface area contributed by atoms with Crippen LogP contribution < -0.4 is 16.0 Å². The van der Waals surface area contributed by atoms with Crippen LogP contribution in [0.15, 0.2) is 97.9 Å². The summed E-state index contributed by atoms with van der Waals surface area (Å²) < 4.78 is 0. The Morgan fingerprint density at radius 2 is 1.71 bits per heavy atom. The lowest BCUT2D eigenvalue weighted by molar-refractivity contribution is -0.111. The number of anilines is 4. The average Bonchev–Trinajstić information content (AvgIpc) is 3.40. The predicted octanol–water partition coefficient (Wildman–Crippen LogP) is 7.12. The molecule has 8 nitrogen and oxygen atoms in total. The second kappa shape index (κ2) is 12.5. The number of rotatable bonds is 10. The number of hydrogen-bond donors (Lipinski definition) is 4. The van der Waals surface area contributed by atoms with E-state index >= 15 is 0 Å². The molecule has 0 radical (unpaired) electrons. The van der Waals surface area contributed by atoms with Crippen molar-refractivity contribution in [1.82, 2.24) is 19.9 Å². The molecule has 2 heterocycles. The highest BCUT2D eigenvalue weighted by atomic mass is 16.1. The SMILES string of the molecule is C=C(Nc1cccc(Nc2ncc(C)c(-c3c[nH]c4c(C)cccc34)n2)c1)c1ccc(NC(=O)/C=C/CN(C)C)cc1. The van der Waals surface area contributed by atoms with Gasteiger partial charge in [-0.1, -0.05) is 49.1 Å². The normalized spacial score (nSPS) is 11.3. The van der Waals surface area contributed by atoms with Crippen molar-refractivity contribution < 1.29 is 4.79 Å². The lowest BCUT2D eigenvalue weighted by Gasteiger charge is -2.13. The number of amides is 1. The summed E-state index contributed by atoms with van der Waals surface area (Å²) in [6.07, 6.45) is 7.22. The fraction of sp³-hybridized carbons (Fsp3) is 0.147. The number of H-pyrrole nitrogens is 1. The summed E-state index contributed by atoms with van der Waals surface area (Å²) in [5, 5.41) is 10.7. The van der Waals surface area contributed by atoms with Crippen LogP contribution in [0, 0.1) is 13.8 Å². The Balaban J connectivity index is 1.25. The van der Waals surface area contributed by atoms with E-state index in [1.165, 1.54) is 5.56 Å². The van der Waals surface area contributed by atoms with E-state index in [0.29, 0.717) is 12.5 Å². The lowest BCUT2D eigenvalue weighted by Crippen LogP contribution is -2.12. The molecule has 2 aromatic heterocycles. The van der Waals surface area contributed by atoms with Crippen molar-refractivity contribution in [1.29, 1.82) is 0 Å². The molecule has 0 spiro atoms. The summed E-state index contributed by atoms with van der Waals surface area (Å²) in [6.45, 7) is 9.03. The van der Waals surface area contributed by atoms with Crippen molar-refractivity contribution in [2.75, 3.05) is 36.6 Å². The molecule has 4 N–H and O–H groups in total. The van der Waals surface area contributed by atoms with Gasteiger partial charge < -0.3 is 25.8 Å². The van der Waals surface area contributed by atoms with Crippen molar-refractivity contribution in [3.05, 3.63) is 115 Å². The molecule has 0 atom stereocenters. The minimum Gasteiger partial charge on any atom is -0.360 e. The summed E-state index contributed by atoms with van der Waals surface area (Å²) in [6, 6.07) is 21.7. The predicted molar refractivity (Wildman–Crippen MR) is 174 cm³/mol. The minimum atomic E-state index is -0.160. The van der Waals surface area contributed by atoms with Gasteiger partial charge in [0.2, 0.25) is 11.9 Å². The summed E-state index contributed by atoms with van der Waals surface area (Å²) >= 11 is 0. The van der Waals surface area contributed by atoms with E-state index < -0.39 is 0 Å². The smallest absolute Gasteiger partial charge is 0.248 e.